The van der Waals surface area contributed by atoms with Crippen LogP contribution >= 0.6 is 15.9 Å². The van der Waals surface area contributed by atoms with Crippen molar-refractivity contribution in [3.63, 3.8) is 0 Å². The van der Waals surface area contributed by atoms with Gasteiger partial charge in [0, 0.05) is 10.9 Å². The number of carbonyl (C=O) groups excluding carboxylic acids is 2. The Balaban J connectivity index is 2.20. The molecule has 1 aromatic rings. The Kier molecular flexibility index (Phi) is 7.59. The Morgan fingerprint density at radius 3 is 2.36 bits per heavy atom. The third kappa shape index (κ3) is 6.60. The van der Waals surface area contributed by atoms with Crippen molar-refractivity contribution in [2.75, 3.05) is 7.11 Å². The van der Waals surface area contributed by atoms with Crippen molar-refractivity contribution in [1.29, 1.82) is 0 Å². The van der Waals surface area contributed by atoms with Gasteiger partial charge in [-0.25, -0.2) is 4.79 Å². The van der Waals surface area contributed by atoms with Gasteiger partial charge >= 0.3 is 5.97 Å². The molecule has 4 nitrogen and oxygen atoms in total. The van der Waals surface area contributed by atoms with Crippen LogP contribution < -0.4 is 5.32 Å². The van der Waals surface area contributed by atoms with Crippen molar-refractivity contribution in [1.82, 2.24) is 5.32 Å². The first kappa shape index (κ1) is 18.7. The highest BCUT2D eigenvalue weighted by atomic mass is 79.9. The van der Waals surface area contributed by atoms with Gasteiger partial charge in [-0.2, -0.15) is 0 Å². The fourth-order valence-electron chi connectivity index (χ4n) is 2.16. The summed E-state index contributed by atoms with van der Waals surface area (Å²) in [5.41, 5.74) is 0.336. The topological polar surface area (TPSA) is 55.4 Å². The molecular formula is C17H24BrNO3. The maximum absolute atomic E-state index is 11.8. The lowest BCUT2D eigenvalue weighted by Crippen LogP contribution is -2.50. The van der Waals surface area contributed by atoms with Gasteiger partial charge in [-0.3, -0.25) is 4.79 Å². The van der Waals surface area contributed by atoms with E-state index in [9.17, 15) is 9.59 Å². The van der Waals surface area contributed by atoms with Gasteiger partial charge in [0.1, 0.15) is 5.54 Å². The SMILES string of the molecule is COC(=O)C(C)(C)NC(=O)CCCCCc1ccc(Br)cc1. The third-order valence-electron chi connectivity index (χ3n) is 3.43. The van der Waals surface area contributed by atoms with Gasteiger partial charge in [-0.1, -0.05) is 34.5 Å². The van der Waals surface area contributed by atoms with E-state index in [-0.39, 0.29) is 5.91 Å². The van der Waals surface area contributed by atoms with E-state index < -0.39 is 11.5 Å². The first-order valence-electron chi connectivity index (χ1n) is 7.49. The lowest BCUT2D eigenvalue weighted by atomic mass is 10.0. The molecule has 0 bridgehead atoms. The van der Waals surface area contributed by atoms with Crippen LogP contribution in [0.2, 0.25) is 0 Å². The molecule has 1 aromatic carbocycles. The molecule has 0 fully saturated rings. The summed E-state index contributed by atoms with van der Waals surface area (Å²) in [6.07, 6.45) is 4.31. The quantitative estimate of drug-likeness (QED) is 0.562. The molecule has 22 heavy (non-hydrogen) atoms. The number of aryl methyl sites for hydroxylation is 1. The minimum absolute atomic E-state index is 0.112. The highest BCUT2D eigenvalue weighted by Gasteiger charge is 2.29. The number of hydrogen-bond donors (Lipinski definition) is 1. The van der Waals surface area contributed by atoms with Crippen LogP contribution in [0.15, 0.2) is 28.7 Å². The van der Waals surface area contributed by atoms with E-state index in [0.29, 0.717) is 6.42 Å². The van der Waals surface area contributed by atoms with E-state index in [1.807, 2.05) is 12.1 Å². The molecule has 0 unspecified atom stereocenters. The van der Waals surface area contributed by atoms with Gasteiger partial charge < -0.3 is 10.1 Å². The Hall–Kier alpha value is -1.36. The second-order valence-electron chi connectivity index (χ2n) is 5.85. The average molecular weight is 370 g/mol. The predicted molar refractivity (Wildman–Crippen MR) is 90.6 cm³/mol. The number of halogens is 1. The fourth-order valence-corrected chi connectivity index (χ4v) is 2.42. The Labute approximate surface area is 140 Å². The van der Waals surface area contributed by atoms with Crippen molar-refractivity contribution < 1.29 is 14.3 Å². The van der Waals surface area contributed by atoms with Crippen molar-refractivity contribution in [3.8, 4) is 0 Å². The van der Waals surface area contributed by atoms with Crippen molar-refractivity contribution >= 4 is 27.8 Å². The van der Waals surface area contributed by atoms with Gasteiger partial charge in [0.25, 0.3) is 0 Å². The molecule has 1 amide bonds. The summed E-state index contributed by atoms with van der Waals surface area (Å²) in [7, 11) is 1.32. The lowest BCUT2D eigenvalue weighted by molar-refractivity contribution is -0.149. The highest BCUT2D eigenvalue weighted by molar-refractivity contribution is 9.10. The number of esters is 1. The number of benzene rings is 1. The minimum Gasteiger partial charge on any atom is -0.467 e. The first-order valence-corrected chi connectivity index (χ1v) is 8.28. The maximum atomic E-state index is 11.8. The summed E-state index contributed by atoms with van der Waals surface area (Å²) in [5, 5.41) is 2.70. The summed E-state index contributed by atoms with van der Waals surface area (Å²) in [4.78, 5) is 23.3. The molecule has 0 spiro atoms. The second-order valence-corrected chi connectivity index (χ2v) is 6.77. The summed E-state index contributed by atoms with van der Waals surface area (Å²) < 4.78 is 5.74. The van der Waals surface area contributed by atoms with Crippen LogP contribution in [0, 0.1) is 0 Å². The largest absolute Gasteiger partial charge is 0.467 e. The van der Waals surface area contributed by atoms with Gasteiger partial charge in [-0.15, -0.1) is 0 Å². The van der Waals surface area contributed by atoms with Crippen LogP contribution in [-0.4, -0.2) is 24.5 Å². The van der Waals surface area contributed by atoms with E-state index in [0.717, 1.165) is 30.2 Å². The molecule has 0 saturated carbocycles. The van der Waals surface area contributed by atoms with Gasteiger partial charge in [0.15, 0.2) is 0 Å². The standard InChI is InChI=1S/C17H24BrNO3/c1-17(2,16(21)22-3)19-15(20)8-6-4-5-7-13-9-11-14(18)12-10-13/h9-12H,4-8H2,1-3H3,(H,19,20). The summed E-state index contributed by atoms with van der Waals surface area (Å²) in [5.74, 6) is -0.546. The van der Waals surface area contributed by atoms with Crippen LogP contribution in [0.3, 0.4) is 0 Å². The molecular weight excluding hydrogens is 346 g/mol. The van der Waals surface area contributed by atoms with Gasteiger partial charge in [0.2, 0.25) is 5.91 Å². The van der Waals surface area contributed by atoms with Gasteiger partial charge in [-0.05, 0) is 50.8 Å². The van der Waals surface area contributed by atoms with E-state index in [1.165, 1.54) is 12.7 Å². The van der Waals surface area contributed by atoms with Crippen LogP contribution in [0.1, 0.15) is 45.1 Å². The molecule has 0 radical (unpaired) electrons. The van der Waals surface area contributed by atoms with E-state index >= 15 is 0 Å². The van der Waals surface area contributed by atoms with E-state index in [4.69, 9.17) is 0 Å². The van der Waals surface area contributed by atoms with Crippen LogP contribution in [0.4, 0.5) is 0 Å². The van der Waals surface area contributed by atoms with Crippen LogP contribution in [0.25, 0.3) is 0 Å². The first-order chi connectivity index (χ1) is 10.3. The molecule has 5 heteroatoms. The maximum Gasteiger partial charge on any atom is 0.330 e. The third-order valence-corrected chi connectivity index (χ3v) is 3.96. The predicted octanol–water partition coefficient (Wildman–Crippen LogP) is 3.62. The van der Waals surface area contributed by atoms with Crippen molar-refractivity contribution in [2.24, 2.45) is 0 Å². The molecule has 0 saturated heterocycles. The molecule has 1 rings (SSSR count). The normalized spacial score (nSPS) is 11.1. The smallest absolute Gasteiger partial charge is 0.330 e. The van der Waals surface area contributed by atoms with Crippen molar-refractivity contribution in [3.05, 3.63) is 34.3 Å². The Bertz CT molecular complexity index is 497. The number of methoxy groups -OCH3 is 1. The number of unbranched alkanes of at least 4 members (excludes halogenated alkanes) is 2. The molecule has 0 atom stereocenters. The average Bonchev–Trinajstić information content (AvgIpc) is 2.47. The molecule has 0 heterocycles. The molecule has 0 aromatic heterocycles. The van der Waals surface area contributed by atoms with Crippen molar-refractivity contribution in [2.45, 2.75) is 51.5 Å². The summed E-state index contributed by atoms with van der Waals surface area (Å²) in [6.45, 7) is 3.29. The second kappa shape index (κ2) is 8.93. The number of carbonyl (C=O) groups is 2. The summed E-state index contributed by atoms with van der Waals surface area (Å²) in [6, 6.07) is 8.29. The number of rotatable bonds is 8. The van der Waals surface area contributed by atoms with E-state index in [2.05, 4.69) is 38.1 Å². The Morgan fingerprint density at radius 1 is 1.14 bits per heavy atom. The fraction of sp³-hybridized carbons (Fsp3) is 0.529. The molecule has 122 valence electrons. The van der Waals surface area contributed by atoms with Crippen LogP contribution in [-0.2, 0) is 20.7 Å². The summed E-state index contributed by atoms with van der Waals surface area (Å²) >= 11 is 3.42. The number of nitrogens with one attached hydrogen (secondary N) is 1. The van der Waals surface area contributed by atoms with E-state index in [1.54, 1.807) is 13.8 Å². The molecule has 0 aliphatic heterocycles. The number of amides is 1. The zero-order valence-corrected chi connectivity index (χ0v) is 15.0. The molecule has 1 N–H and O–H groups in total. The number of ether oxygens (including phenoxy) is 1. The van der Waals surface area contributed by atoms with Gasteiger partial charge in [0.05, 0.1) is 7.11 Å². The zero-order valence-electron chi connectivity index (χ0n) is 13.4. The zero-order chi connectivity index (χ0) is 16.6. The molecule has 0 aliphatic rings. The Morgan fingerprint density at radius 2 is 1.77 bits per heavy atom. The highest BCUT2D eigenvalue weighted by Crippen LogP contribution is 2.13. The minimum atomic E-state index is -0.969. The van der Waals surface area contributed by atoms with Crippen LogP contribution in [0.5, 0.6) is 0 Å². The number of hydrogen-bond acceptors (Lipinski definition) is 3. The monoisotopic (exact) mass is 369 g/mol. The lowest BCUT2D eigenvalue weighted by Gasteiger charge is -2.23. The molecule has 0 aliphatic carbocycles.